The second-order valence-electron chi connectivity index (χ2n) is 15.5. The van der Waals surface area contributed by atoms with Gasteiger partial charge in [0.1, 0.15) is 0 Å². The number of aliphatic hydroxyl groups excluding tert-OH is 1. The average Bonchev–Trinajstić information content (AvgIpc) is 3.26. The molecule has 5 unspecified atom stereocenters. The molecule has 6 fully saturated rings. The Balaban J connectivity index is 1.26. The van der Waals surface area contributed by atoms with Crippen LogP contribution in [0.3, 0.4) is 0 Å². The van der Waals surface area contributed by atoms with Crippen LogP contribution in [-0.2, 0) is 9.47 Å². The van der Waals surface area contributed by atoms with E-state index in [1.807, 2.05) is 0 Å². The van der Waals surface area contributed by atoms with Gasteiger partial charge in [-0.1, -0.05) is 41.0 Å². The number of fused-ring (bicyclic) bond motifs is 7. The summed E-state index contributed by atoms with van der Waals surface area (Å²) in [5, 5.41) is 10.9. The van der Waals surface area contributed by atoms with Crippen LogP contribution in [0.5, 0.6) is 0 Å². The van der Waals surface area contributed by atoms with Crippen LogP contribution < -0.4 is 0 Å². The average molecular weight is 487 g/mol. The molecule has 0 amide bonds. The molecule has 0 bridgehead atoms. The molecule has 5 aliphatic carbocycles. The van der Waals surface area contributed by atoms with E-state index in [9.17, 15) is 5.11 Å². The Kier molecular flexibility index (Phi) is 6.07. The van der Waals surface area contributed by atoms with E-state index in [4.69, 9.17) is 9.47 Å². The number of hydrogen-bond donors (Lipinski definition) is 1. The van der Waals surface area contributed by atoms with Gasteiger partial charge in [-0.3, -0.25) is 0 Å². The standard InChI is InChI=1S/C32H54O3/c1-28(2)24-13-17-31(5)25(29(24,3)16-14-26(28)33)12-11-22-23-9-8-15-32(23,19-18-30(22,31)4)21-35-27-10-6-7-20-34-27/h22-27,33H,6-21H2,1-5H3/t22?,23?,24?,25?,26-,27?,29-,30+,31+,32+/m0/s1. The molecule has 6 aliphatic rings. The van der Waals surface area contributed by atoms with Crippen molar-refractivity contribution in [2.45, 2.75) is 137 Å². The van der Waals surface area contributed by atoms with Crippen molar-refractivity contribution in [2.75, 3.05) is 13.2 Å². The topological polar surface area (TPSA) is 38.7 Å². The summed E-state index contributed by atoms with van der Waals surface area (Å²) in [6.45, 7) is 14.7. The molecule has 6 rings (SSSR count). The van der Waals surface area contributed by atoms with Crippen molar-refractivity contribution in [3.8, 4) is 0 Å². The first-order valence-electron chi connectivity index (χ1n) is 15.5. The molecule has 0 aromatic carbocycles. The zero-order chi connectivity index (χ0) is 24.7. The highest BCUT2D eigenvalue weighted by Gasteiger charge is 2.69. The molecule has 200 valence electrons. The highest BCUT2D eigenvalue weighted by Crippen LogP contribution is 2.76. The van der Waals surface area contributed by atoms with E-state index >= 15 is 0 Å². The lowest BCUT2D eigenvalue weighted by molar-refractivity contribution is -0.253. The van der Waals surface area contributed by atoms with E-state index in [1.165, 1.54) is 77.0 Å². The van der Waals surface area contributed by atoms with Crippen molar-refractivity contribution < 1.29 is 14.6 Å². The predicted molar refractivity (Wildman–Crippen MR) is 141 cm³/mol. The SMILES string of the molecule is CC1(C)C2CC[C@]3(C)C(CCC4C5CCC[C@]5(COC5CCCCO5)CC[C@]43C)[C@@]2(C)CC[C@@H]1O. The van der Waals surface area contributed by atoms with Crippen LogP contribution in [0.15, 0.2) is 0 Å². The van der Waals surface area contributed by atoms with E-state index in [0.29, 0.717) is 27.6 Å². The number of hydrogen-bond acceptors (Lipinski definition) is 3. The summed E-state index contributed by atoms with van der Waals surface area (Å²) < 4.78 is 12.5. The summed E-state index contributed by atoms with van der Waals surface area (Å²) in [4.78, 5) is 0. The van der Waals surface area contributed by atoms with Gasteiger partial charge in [0.05, 0.1) is 12.7 Å². The Labute approximate surface area is 215 Å². The number of rotatable bonds is 3. The molecule has 1 saturated heterocycles. The molecule has 5 saturated carbocycles. The third-order valence-corrected chi connectivity index (χ3v) is 14.2. The Bertz CT molecular complexity index is 803. The summed E-state index contributed by atoms with van der Waals surface area (Å²) in [6.07, 6.45) is 18.2. The van der Waals surface area contributed by atoms with Gasteiger partial charge in [0, 0.05) is 6.61 Å². The van der Waals surface area contributed by atoms with E-state index in [0.717, 1.165) is 43.8 Å². The van der Waals surface area contributed by atoms with E-state index < -0.39 is 0 Å². The summed E-state index contributed by atoms with van der Waals surface area (Å²) in [6, 6.07) is 0. The molecule has 3 nitrogen and oxygen atoms in total. The monoisotopic (exact) mass is 486 g/mol. The van der Waals surface area contributed by atoms with Gasteiger partial charge in [0.25, 0.3) is 0 Å². The van der Waals surface area contributed by atoms with Gasteiger partial charge in [-0.05, 0) is 134 Å². The Morgan fingerprint density at radius 1 is 0.714 bits per heavy atom. The lowest BCUT2D eigenvalue weighted by Gasteiger charge is -2.72. The van der Waals surface area contributed by atoms with E-state index in [2.05, 4.69) is 34.6 Å². The first kappa shape index (κ1) is 25.2. The lowest BCUT2D eigenvalue weighted by Crippen LogP contribution is -2.66. The molecule has 0 aromatic rings. The Morgan fingerprint density at radius 2 is 1.54 bits per heavy atom. The third-order valence-electron chi connectivity index (χ3n) is 14.2. The number of aliphatic hydroxyl groups is 1. The second-order valence-corrected chi connectivity index (χ2v) is 15.5. The highest BCUT2D eigenvalue weighted by atomic mass is 16.7. The van der Waals surface area contributed by atoms with Crippen molar-refractivity contribution in [3.05, 3.63) is 0 Å². The molecule has 3 heteroatoms. The van der Waals surface area contributed by atoms with Crippen molar-refractivity contribution in [1.82, 2.24) is 0 Å². The third kappa shape index (κ3) is 3.45. The fourth-order valence-electron chi connectivity index (χ4n) is 12.0. The quantitative estimate of drug-likeness (QED) is 0.443. The highest BCUT2D eigenvalue weighted by molar-refractivity contribution is 5.18. The number of ether oxygens (including phenoxy) is 2. The fourth-order valence-corrected chi connectivity index (χ4v) is 12.0. The summed E-state index contributed by atoms with van der Waals surface area (Å²) >= 11 is 0. The molecule has 10 atom stereocenters. The lowest BCUT2D eigenvalue weighted by atomic mass is 9.32. The van der Waals surface area contributed by atoms with Crippen LogP contribution in [0.2, 0.25) is 0 Å². The van der Waals surface area contributed by atoms with Crippen molar-refractivity contribution in [3.63, 3.8) is 0 Å². The first-order chi connectivity index (χ1) is 16.6. The minimum atomic E-state index is -0.126. The largest absolute Gasteiger partial charge is 0.393 e. The molecule has 0 spiro atoms. The van der Waals surface area contributed by atoms with Gasteiger partial charge in [-0.15, -0.1) is 0 Å². The van der Waals surface area contributed by atoms with E-state index in [-0.39, 0.29) is 17.8 Å². The fraction of sp³-hybridized carbons (Fsp3) is 1.00. The zero-order valence-corrected chi connectivity index (χ0v) is 23.5. The minimum absolute atomic E-state index is 0.0534. The van der Waals surface area contributed by atoms with Gasteiger partial charge in [-0.25, -0.2) is 0 Å². The maximum Gasteiger partial charge on any atom is 0.157 e. The molecule has 1 aliphatic heterocycles. The molecule has 1 N–H and O–H groups in total. The summed E-state index contributed by atoms with van der Waals surface area (Å²) in [5.41, 5.74) is 1.73. The van der Waals surface area contributed by atoms with Crippen molar-refractivity contribution in [2.24, 2.45) is 50.7 Å². The van der Waals surface area contributed by atoms with Gasteiger partial charge in [0.15, 0.2) is 6.29 Å². The van der Waals surface area contributed by atoms with Crippen LogP contribution >= 0.6 is 0 Å². The van der Waals surface area contributed by atoms with Gasteiger partial charge in [0.2, 0.25) is 0 Å². The molecular formula is C32H54O3. The zero-order valence-electron chi connectivity index (χ0n) is 23.5. The first-order valence-corrected chi connectivity index (χ1v) is 15.5. The predicted octanol–water partition coefficient (Wildman–Crippen LogP) is 7.75. The molecule has 1 heterocycles. The van der Waals surface area contributed by atoms with Crippen LogP contribution in [0, 0.1) is 50.7 Å². The molecule has 35 heavy (non-hydrogen) atoms. The van der Waals surface area contributed by atoms with Gasteiger partial charge < -0.3 is 14.6 Å². The Hall–Kier alpha value is -0.120. The summed E-state index contributed by atoms with van der Waals surface area (Å²) in [5.74, 6) is 3.17. The van der Waals surface area contributed by atoms with Crippen molar-refractivity contribution in [1.29, 1.82) is 0 Å². The summed E-state index contributed by atoms with van der Waals surface area (Å²) in [7, 11) is 0. The van der Waals surface area contributed by atoms with Crippen LogP contribution in [0.1, 0.15) is 125 Å². The van der Waals surface area contributed by atoms with E-state index in [1.54, 1.807) is 0 Å². The molecule has 0 radical (unpaired) electrons. The van der Waals surface area contributed by atoms with Crippen LogP contribution in [0.4, 0.5) is 0 Å². The molecular weight excluding hydrogens is 432 g/mol. The van der Waals surface area contributed by atoms with Crippen LogP contribution in [-0.4, -0.2) is 30.7 Å². The maximum absolute atomic E-state index is 10.9. The maximum atomic E-state index is 10.9. The van der Waals surface area contributed by atoms with Crippen LogP contribution in [0.25, 0.3) is 0 Å². The minimum Gasteiger partial charge on any atom is -0.393 e. The smallest absolute Gasteiger partial charge is 0.157 e. The Morgan fingerprint density at radius 3 is 2.31 bits per heavy atom. The van der Waals surface area contributed by atoms with Gasteiger partial charge >= 0.3 is 0 Å². The molecule has 0 aromatic heterocycles. The second kappa shape index (κ2) is 8.44. The van der Waals surface area contributed by atoms with Gasteiger partial charge in [-0.2, -0.15) is 0 Å². The van der Waals surface area contributed by atoms with Crippen molar-refractivity contribution >= 4 is 0 Å². The normalized spacial score (nSPS) is 55.4.